The SMILES string of the molecule is CC(=O)c1ccc(Nc2cnnc(N3CCC(C)CC3)n2)cc1. The summed E-state index contributed by atoms with van der Waals surface area (Å²) in [5.41, 5.74) is 1.56. The monoisotopic (exact) mass is 311 g/mol. The Morgan fingerprint density at radius 2 is 1.91 bits per heavy atom. The molecular formula is C17H21N5O. The van der Waals surface area contributed by atoms with Crippen LogP contribution in [0.2, 0.25) is 0 Å². The lowest BCUT2D eigenvalue weighted by Gasteiger charge is -2.29. The average Bonchev–Trinajstić information content (AvgIpc) is 2.56. The van der Waals surface area contributed by atoms with Gasteiger partial charge in [-0.25, -0.2) is 0 Å². The highest BCUT2D eigenvalue weighted by atomic mass is 16.1. The minimum Gasteiger partial charge on any atom is -0.339 e. The molecule has 1 aromatic carbocycles. The van der Waals surface area contributed by atoms with Gasteiger partial charge in [0.15, 0.2) is 11.6 Å². The van der Waals surface area contributed by atoms with E-state index >= 15 is 0 Å². The van der Waals surface area contributed by atoms with E-state index in [0.717, 1.165) is 37.5 Å². The van der Waals surface area contributed by atoms with Crippen LogP contribution in [0.3, 0.4) is 0 Å². The number of hydrogen-bond acceptors (Lipinski definition) is 6. The van der Waals surface area contributed by atoms with Gasteiger partial charge in [0.1, 0.15) is 0 Å². The lowest BCUT2D eigenvalue weighted by atomic mass is 10.00. The Hall–Kier alpha value is -2.50. The van der Waals surface area contributed by atoms with Crippen LogP contribution in [0.15, 0.2) is 30.5 Å². The summed E-state index contributed by atoms with van der Waals surface area (Å²) in [5, 5.41) is 11.4. The van der Waals surface area contributed by atoms with Crippen molar-refractivity contribution in [3.63, 3.8) is 0 Å². The van der Waals surface area contributed by atoms with E-state index in [0.29, 0.717) is 17.3 Å². The predicted octanol–water partition coefficient (Wildman–Crippen LogP) is 3.05. The van der Waals surface area contributed by atoms with E-state index in [1.807, 2.05) is 12.1 Å². The molecule has 1 fully saturated rings. The highest BCUT2D eigenvalue weighted by Gasteiger charge is 2.18. The van der Waals surface area contributed by atoms with Crippen LogP contribution in [0, 0.1) is 5.92 Å². The molecule has 3 rings (SSSR count). The van der Waals surface area contributed by atoms with E-state index < -0.39 is 0 Å². The van der Waals surface area contributed by atoms with Crippen LogP contribution in [0.5, 0.6) is 0 Å². The Bertz CT molecular complexity index is 678. The Morgan fingerprint density at radius 1 is 1.22 bits per heavy atom. The van der Waals surface area contributed by atoms with Crippen molar-refractivity contribution in [2.24, 2.45) is 5.92 Å². The summed E-state index contributed by atoms with van der Waals surface area (Å²) in [5.74, 6) is 2.15. The van der Waals surface area contributed by atoms with Gasteiger partial charge in [0.05, 0.1) is 6.20 Å². The molecule has 1 aliphatic heterocycles. The quantitative estimate of drug-likeness (QED) is 0.875. The largest absolute Gasteiger partial charge is 0.339 e. The summed E-state index contributed by atoms with van der Waals surface area (Å²) >= 11 is 0. The first kappa shape index (κ1) is 15.4. The Labute approximate surface area is 136 Å². The summed E-state index contributed by atoms with van der Waals surface area (Å²) in [6, 6.07) is 7.32. The maximum Gasteiger partial charge on any atom is 0.247 e. The molecule has 2 aromatic rings. The number of carbonyl (C=O) groups is 1. The van der Waals surface area contributed by atoms with Crippen molar-refractivity contribution in [2.45, 2.75) is 26.7 Å². The van der Waals surface area contributed by atoms with Crippen molar-refractivity contribution >= 4 is 23.2 Å². The molecule has 1 N–H and O–H groups in total. The molecule has 0 radical (unpaired) electrons. The zero-order valence-corrected chi connectivity index (χ0v) is 13.5. The summed E-state index contributed by atoms with van der Waals surface area (Å²) in [7, 11) is 0. The molecule has 0 spiro atoms. The van der Waals surface area contributed by atoms with E-state index in [1.165, 1.54) is 0 Å². The number of piperidine rings is 1. The fraction of sp³-hybridized carbons (Fsp3) is 0.412. The van der Waals surface area contributed by atoms with Gasteiger partial charge >= 0.3 is 0 Å². The van der Waals surface area contributed by atoms with Gasteiger partial charge in [-0.15, -0.1) is 5.10 Å². The van der Waals surface area contributed by atoms with Gasteiger partial charge in [0.25, 0.3) is 0 Å². The second-order valence-corrected chi connectivity index (χ2v) is 6.07. The molecule has 0 amide bonds. The molecule has 23 heavy (non-hydrogen) atoms. The molecular weight excluding hydrogens is 290 g/mol. The number of benzene rings is 1. The maximum absolute atomic E-state index is 11.3. The lowest BCUT2D eigenvalue weighted by molar-refractivity contribution is 0.101. The zero-order chi connectivity index (χ0) is 16.2. The Kier molecular flexibility index (Phi) is 4.50. The van der Waals surface area contributed by atoms with E-state index in [1.54, 1.807) is 25.3 Å². The van der Waals surface area contributed by atoms with Gasteiger partial charge in [-0.05, 0) is 49.9 Å². The first-order chi connectivity index (χ1) is 11.1. The third kappa shape index (κ3) is 3.83. The minimum atomic E-state index is 0.0573. The van der Waals surface area contributed by atoms with Gasteiger partial charge in [-0.3, -0.25) is 4.79 Å². The second kappa shape index (κ2) is 6.73. The number of hydrogen-bond donors (Lipinski definition) is 1. The molecule has 120 valence electrons. The normalized spacial score (nSPS) is 15.5. The first-order valence-electron chi connectivity index (χ1n) is 7.94. The number of nitrogens with one attached hydrogen (secondary N) is 1. The molecule has 6 nitrogen and oxygen atoms in total. The maximum atomic E-state index is 11.3. The number of nitrogens with zero attached hydrogens (tertiary/aromatic N) is 4. The van der Waals surface area contributed by atoms with Gasteiger partial charge in [0, 0.05) is 24.3 Å². The van der Waals surface area contributed by atoms with Crippen molar-refractivity contribution in [2.75, 3.05) is 23.3 Å². The Morgan fingerprint density at radius 3 is 2.57 bits per heavy atom. The molecule has 2 heterocycles. The van der Waals surface area contributed by atoms with E-state index in [4.69, 9.17) is 0 Å². The van der Waals surface area contributed by atoms with Crippen LogP contribution < -0.4 is 10.2 Å². The van der Waals surface area contributed by atoms with Crippen LogP contribution in [-0.2, 0) is 0 Å². The fourth-order valence-corrected chi connectivity index (χ4v) is 2.63. The molecule has 1 saturated heterocycles. The topological polar surface area (TPSA) is 71.0 Å². The fourth-order valence-electron chi connectivity index (χ4n) is 2.63. The van der Waals surface area contributed by atoms with Crippen LogP contribution in [0.25, 0.3) is 0 Å². The van der Waals surface area contributed by atoms with Crippen LogP contribution in [0.1, 0.15) is 37.0 Å². The van der Waals surface area contributed by atoms with Crippen LogP contribution in [-0.4, -0.2) is 34.1 Å². The van der Waals surface area contributed by atoms with Crippen LogP contribution >= 0.6 is 0 Å². The molecule has 1 aliphatic rings. The Balaban J connectivity index is 1.71. The number of aromatic nitrogens is 3. The predicted molar refractivity (Wildman–Crippen MR) is 90.2 cm³/mol. The second-order valence-electron chi connectivity index (χ2n) is 6.07. The highest BCUT2D eigenvalue weighted by Crippen LogP contribution is 2.21. The number of rotatable bonds is 4. The van der Waals surface area contributed by atoms with Crippen molar-refractivity contribution in [3.8, 4) is 0 Å². The first-order valence-corrected chi connectivity index (χ1v) is 7.94. The van der Waals surface area contributed by atoms with Crippen molar-refractivity contribution in [3.05, 3.63) is 36.0 Å². The number of ketones is 1. The smallest absolute Gasteiger partial charge is 0.247 e. The van der Waals surface area contributed by atoms with Gasteiger partial charge < -0.3 is 10.2 Å². The summed E-state index contributed by atoms with van der Waals surface area (Å²) in [6.07, 6.45) is 3.93. The van der Waals surface area contributed by atoms with Crippen molar-refractivity contribution in [1.29, 1.82) is 0 Å². The molecule has 0 saturated carbocycles. The standard InChI is InChI=1S/C17H21N5O/c1-12-7-9-22(10-8-12)17-20-16(11-18-21-17)19-15-5-3-14(4-6-15)13(2)23/h3-6,11-12H,7-10H2,1-2H3,(H,19,20,21). The molecule has 6 heteroatoms. The summed E-state index contributed by atoms with van der Waals surface area (Å²) < 4.78 is 0. The van der Waals surface area contributed by atoms with Crippen molar-refractivity contribution in [1.82, 2.24) is 15.2 Å². The van der Waals surface area contributed by atoms with E-state index in [2.05, 4.69) is 32.3 Å². The summed E-state index contributed by atoms with van der Waals surface area (Å²) in [4.78, 5) is 18.0. The van der Waals surface area contributed by atoms with Gasteiger partial charge in [0.2, 0.25) is 5.95 Å². The number of Topliss-reactive ketones (excluding diaryl/α,β-unsaturated/α-hetero) is 1. The van der Waals surface area contributed by atoms with Crippen molar-refractivity contribution < 1.29 is 4.79 Å². The molecule has 0 atom stereocenters. The zero-order valence-electron chi connectivity index (χ0n) is 13.5. The number of anilines is 3. The average molecular weight is 311 g/mol. The van der Waals surface area contributed by atoms with Gasteiger partial charge in [-0.2, -0.15) is 10.1 Å². The molecule has 0 bridgehead atoms. The molecule has 1 aromatic heterocycles. The third-order valence-corrected chi connectivity index (χ3v) is 4.18. The highest BCUT2D eigenvalue weighted by molar-refractivity contribution is 5.94. The van der Waals surface area contributed by atoms with E-state index in [9.17, 15) is 4.79 Å². The minimum absolute atomic E-state index is 0.0573. The lowest BCUT2D eigenvalue weighted by Crippen LogP contribution is -2.34. The summed E-state index contributed by atoms with van der Waals surface area (Å²) in [6.45, 7) is 5.78. The van der Waals surface area contributed by atoms with Crippen LogP contribution in [0.4, 0.5) is 17.5 Å². The molecule has 0 aliphatic carbocycles. The third-order valence-electron chi connectivity index (χ3n) is 4.18. The molecule has 0 unspecified atom stereocenters. The van der Waals surface area contributed by atoms with E-state index in [-0.39, 0.29) is 5.78 Å². The van der Waals surface area contributed by atoms with Gasteiger partial charge in [-0.1, -0.05) is 6.92 Å². The number of carbonyl (C=O) groups excluding carboxylic acids is 1.